The lowest BCUT2D eigenvalue weighted by Crippen LogP contribution is -2.11. The highest BCUT2D eigenvalue weighted by atomic mass is 79.9. The average Bonchev–Trinajstić information content (AvgIpc) is 2.16. The van der Waals surface area contributed by atoms with Gasteiger partial charge in [0.2, 0.25) is 5.78 Å². The maximum atomic E-state index is 12.1. The van der Waals surface area contributed by atoms with Crippen LogP contribution in [0.25, 0.3) is 0 Å². The molecule has 0 spiro atoms. The number of para-hydroxylation sites is 1. The molecular weight excluding hydrogens is 258 g/mol. The fourth-order valence-electron chi connectivity index (χ4n) is 1.03. The third kappa shape index (κ3) is 2.09. The van der Waals surface area contributed by atoms with Crippen molar-refractivity contribution >= 4 is 21.7 Å². The van der Waals surface area contributed by atoms with E-state index < -0.39 is 12.2 Å². The largest absolute Gasteiger partial charge is 0.495 e. The topological polar surface area (TPSA) is 26.3 Å². The van der Waals surface area contributed by atoms with Crippen LogP contribution in [0, 0.1) is 0 Å². The molecular formula is C9H7BrF2O2. The van der Waals surface area contributed by atoms with E-state index in [1.54, 1.807) is 6.07 Å². The van der Waals surface area contributed by atoms with Crippen molar-refractivity contribution in [2.24, 2.45) is 0 Å². The molecule has 0 bridgehead atoms. The van der Waals surface area contributed by atoms with Gasteiger partial charge in [-0.3, -0.25) is 4.79 Å². The minimum Gasteiger partial charge on any atom is -0.495 e. The molecule has 0 aliphatic heterocycles. The number of ketones is 1. The van der Waals surface area contributed by atoms with Gasteiger partial charge in [0.15, 0.2) is 0 Å². The van der Waals surface area contributed by atoms with Crippen molar-refractivity contribution in [3.63, 3.8) is 0 Å². The monoisotopic (exact) mass is 264 g/mol. The SMILES string of the molecule is COc1c(Br)cccc1C(=O)C(F)F. The Morgan fingerprint density at radius 2 is 2.14 bits per heavy atom. The summed E-state index contributed by atoms with van der Waals surface area (Å²) in [6.07, 6.45) is -3.02. The molecule has 0 aliphatic carbocycles. The van der Waals surface area contributed by atoms with Crippen LogP contribution in [-0.2, 0) is 0 Å². The van der Waals surface area contributed by atoms with Gasteiger partial charge in [0.1, 0.15) is 5.75 Å². The molecule has 0 N–H and O–H groups in total. The molecule has 1 aromatic carbocycles. The van der Waals surface area contributed by atoms with Crippen LogP contribution >= 0.6 is 15.9 Å². The molecule has 2 nitrogen and oxygen atoms in total. The summed E-state index contributed by atoms with van der Waals surface area (Å²) < 4.78 is 29.6. The lowest BCUT2D eigenvalue weighted by atomic mass is 10.1. The van der Waals surface area contributed by atoms with Gasteiger partial charge in [-0.1, -0.05) is 6.07 Å². The molecule has 0 aliphatic rings. The van der Waals surface area contributed by atoms with E-state index in [2.05, 4.69) is 15.9 Å². The van der Waals surface area contributed by atoms with Crippen LogP contribution in [0.4, 0.5) is 8.78 Å². The van der Waals surface area contributed by atoms with Gasteiger partial charge in [-0.15, -0.1) is 0 Å². The van der Waals surface area contributed by atoms with E-state index in [0.717, 1.165) is 0 Å². The maximum Gasteiger partial charge on any atom is 0.300 e. The molecule has 0 saturated heterocycles. The molecule has 1 rings (SSSR count). The number of rotatable bonds is 3. The van der Waals surface area contributed by atoms with Gasteiger partial charge in [-0.25, -0.2) is 8.78 Å². The Hall–Kier alpha value is -0.970. The first-order valence-electron chi connectivity index (χ1n) is 3.72. The lowest BCUT2D eigenvalue weighted by molar-refractivity contribution is 0.0675. The summed E-state index contributed by atoms with van der Waals surface area (Å²) in [5.41, 5.74) is -0.114. The number of carbonyl (C=O) groups is 1. The maximum absolute atomic E-state index is 12.1. The summed E-state index contributed by atoms with van der Waals surface area (Å²) in [6, 6.07) is 4.42. The Labute approximate surface area is 88.0 Å². The van der Waals surface area contributed by atoms with Gasteiger partial charge in [0, 0.05) is 0 Å². The van der Waals surface area contributed by atoms with Crippen LogP contribution in [0.3, 0.4) is 0 Å². The Kier molecular flexibility index (Phi) is 3.57. The summed E-state index contributed by atoms with van der Waals surface area (Å²) >= 11 is 3.10. The number of benzene rings is 1. The number of alkyl halides is 2. The Balaban J connectivity index is 3.20. The minimum atomic E-state index is -3.02. The first-order chi connectivity index (χ1) is 6.57. The molecule has 0 heterocycles. The first kappa shape index (κ1) is 11.1. The van der Waals surface area contributed by atoms with Crippen LogP contribution in [0.15, 0.2) is 22.7 Å². The van der Waals surface area contributed by atoms with Gasteiger partial charge >= 0.3 is 6.43 Å². The van der Waals surface area contributed by atoms with Crippen molar-refractivity contribution in [3.05, 3.63) is 28.2 Å². The summed E-state index contributed by atoms with van der Waals surface area (Å²) in [5, 5.41) is 0. The van der Waals surface area contributed by atoms with Crippen molar-refractivity contribution in [3.8, 4) is 5.75 Å². The van der Waals surface area contributed by atoms with E-state index in [0.29, 0.717) is 4.47 Å². The zero-order valence-corrected chi connectivity index (χ0v) is 8.85. The second kappa shape index (κ2) is 4.50. The summed E-state index contributed by atoms with van der Waals surface area (Å²) in [6.45, 7) is 0. The molecule has 14 heavy (non-hydrogen) atoms. The molecule has 1 aromatic rings. The van der Waals surface area contributed by atoms with E-state index in [9.17, 15) is 13.6 Å². The van der Waals surface area contributed by atoms with E-state index >= 15 is 0 Å². The summed E-state index contributed by atoms with van der Waals surface area (Å²) in [5.74, 6) is -1.10. The molecule has 76 valence electrons. The van der Waals surface area contributed by atoms with Crippen LogP contribution in [0.2, 0.25) is 0 Å². The highest BCUT2D eigenvalue weighted by molar-refractivity contribution is 9.10. The van der Waals surface area contributed by atoms with Crippen molar-refractivity contribution in [2.75, 3.05) is 7.11 Å². The number of Topliss-reactive ketones (excluding diaryl/α,β-unsaturated/α-hetero) is 1. The van der Waals surface area contributed by atoms with Gasteiger partial charge in [0.25, 0.3) is 0 Å². The predicted octanol–water partition coefficient (Wildman–Crippen LogP) is 2.91. The molecule has 0 unspecified atom stereocenters. The molecule has 0 atom stereocenters. The zero-order valence-electron chi connectivity index (χ0n) is 7.26. The highest BCUT2D eigenvalue weighted by Crippen LogP contribution is 2.29. The molecule has 0 aromatic heterocycles. The Bertz CT molecular complexity index is 353. The molecule has 0 amide bonds. The van der Waals surface area contributed by atoms with Crippen LogP contribution in [0.1, 0.15) is 10.4 Å². The third-order valence-corrected chi connectivity index (χ3v) is 2.26. The Morgan fingerprint density at radius 3 is 2.64 bits per heavy atom. The van der Waals surface area contributed by atoms with Crippen molar-refractivity contribution in [2.45, 2.75) is 6.43 Å². The number of methoxy groups -OCH3 is 1. The predicted molar refractivity (Wildman–Crippen MR) is 51.0 cm³/mol. The molecule has 0 saturated carbocycles. The number of carbonyl (C=O) groups excluding carboxylic acids is 1. The average molecular weight is 265 g/mol. The van der Waals surface area contributed by atoms with Crippen LogP contribution in [0.5, 0.6) is 5.75 Å². The first-order valence-corrected chi connectivity index (χ1v) is 4.52. The van der Waals surface area contributed by atoms with E-state index in [1.165, 1.54) is 19.2 Å². The van der Waals surface area contributed by atoms with Crippen LogP contribution in [-0.4, -0.2) is 19.3 Å². The quantitative estimate of drug-likeness (QED) is 0.785. The van der Waals surface area contributed by atoms with Crippen molar-refractivity contribution in [1.29, 1.82) is 0 Å². The van der Waals surface area contributed by atoms with Gasteiger partial charge < -0.3 is 4.74 Å². The molecule has 0 fully saturated rings. The Morgan fingerprint density at radius 1 is 1.50 bits per heavy atom. The standard InChI is InChI=1S/C9H7BrF2O2/c1-14-8-5(7(13)9(11)12)3-2-4-6(8)10/h2-4,9H,1H3. The normalized spacial score (nSPS) is 10.4. The fourth-order valence-corrected chi connectivity index (χ4v) is 1.56. The number of hydrogen-bond donors (Lipinski definition) is 0. The van der Waals surface area contributed by atoms with E-state index in [4.69, 9.17) is 4.74 Å². The minimum absolute atomic E-state index is 0.114. The number of halogens is 3. The van der Waals surface area contributed by atoms with E-state index in [1.807, 2.05) is 0 Å². The fraction of sp³-hybridized carbons (Fsp3) is 0.222. The third-order valence-electron chi connectivity index (χ3n) is 1.63. The second-order valence-electron chi connectivity index (χ2n) is 2.49. The van der Waals surface area contributed by atoms with Gasteiger partial charge in [0.05, 0.1) is 17.1 Å². The second-order valence-corrected chi connectivity index (χ2v) is 3.34. The molecule has 0 radical (unpaired) electrons. The summed E-state index contributed by atoms with van der Waals surface area (Å²) in [7, 11) is 1.32. The zero-order chi connectivity index (χ0) is 10.7. The number of hydrogen-bond acceptors (Lipinski definition) is 2. The van der Waals surface area contributed by atoms with Crippen molar-refractivity contribution in [1.82, 2.24) is 0 Å². The number of ether oxygens (including phenoxy) is 1. The molecule has 5 heteroatoms. The lowest BCUT2D eigenvalue weighted by Gasteiger charge is -2.08. The van der Waals surface area contributed by atoms with Gasteiger partial charge in [-0.05, 0) is 28.1 Å². The smallest absolute Gasteiger partial charge is 0.300 e. The van der Waals surface area contributed by atoms with Crippen molar-refractivity contribution < 1.29 is 18.3 Å². The van der Waals surface area contributed by atoms with Gasteiger partial charge in [-0.2, -0.15) is 0 Å². The highest BCUT2D eigenvalue weighted by Gasteiger charge is 2.22. The summed E-state index contributed by atoms with van der Waals surface area (Å²) in [4.78, 5) is 11.0. The van der Waals surface area contributed by atoms with Crippen LogP contribution < -0.4 is 4.74 Å². The van der Waals surface area contributed by atoms with E-state index in [-0.39, 0.29) is 11.3 Å².